The molecule has 182 valence electrons. The summed E-state index contributed by atoms with van der Waals surface area (Å²) < 4.78 is 20.8. The average Bonchev–Trinajstić information content (AvgIpc) is 2.85. The third kappa shape index (κ3) is 8.79. The molecule has 11 nitrogen and oxygen atoms in total. The summed E-state index contributed by atoms with van der Waals surface area (Å²) in [6, 6.07) is 11.8. The predicted molar refractivity (Wildman–Crippen MR) is 125 cm³/mol. The number of amides is 3. The van der Waals surface area contributed by atoms with Gasteiger partial charge in [-0.1, -0.05) is 0 Å². The molecule has 0 aliphatic heterocycles. The van der Waals surface area contributed by atoms with Crippen molar-refractivity contribution in [2.24, 2.45) is 5.10 Å². The smallest absolute Gasteiger partial charge is 0.329 e. The maximum Gasteiger partial charge on any atom is 0.329 e. The first-order valence-corrected chi connectivity index (χ1v) is 10.3. The van der Waals surface area contributed by atoms with Gasteiger partial charge in [-0.3, -0.25) is 14.4 Å². The van der Waals surface area contributed by atoms with Crippen LogP contribution in [0.3, 0.4) is 0 Å². The number of ether oxygens (including phenoxy) is 4. The molecule has 0 aromatic heterocycles. The third-order valence-corrected chi connectivity index (χ3v) is 4.32. The van der Waals surface area contributed by atoms with Crippen molar-refractivity contribution in [1.29, 1.82) is 0 Å². The number of benzene rings is 2. The van der Waals surface area contributed by atoms with Crippen LogP contribution in [0.1, 0.15) is 12.0 Å². The van der Waals surface area contributed by atoms with Gasteiger partial charge in [-0.25, -0.2) is 5.43 Å². The normalized spacial score (nSPS) is 10.4. The molecule has 2 rings (SSSR count). The zero-order chi connectivity index (χ0) is 24.8. The van der Waals surface area contributed by atoms with E-state index in [1.165, 1.54) is 13.3 Å². The van der Waals surface area contributed by atoms with Gasteiger partial charge in [0.15, 0.2) is 18.1 Å². The van der Waals surface area contributed by atoms with Crippen LogP contribution in [0.15, 0.2) is 47.6 Å². The van der Waals surface area contributed by atoms with Crippen LogP contribution < -0.4 is 30.3 Å². The number of rotatable bonds is 12. The van der Waals surface area contributed by atoms with Gasteiger partial charge in [-0.15, -0.1) is 0 Å². The van der Waals surface area contributed by atoms with E-state index < -0.39 is 11.8 Å². The second-order valence-corrected chi connectivity index (χ2v) is 6.78. The monoisotopic (exact) mass is 472 g/mol. The minimum absolute atomic E-state index is 0.231. The molecule has 0 heterocycles. The van der Waals surface area contributed by atoms with Crippen molar-refractivity contribution in [2.75, 3.05) is 46.4 Å². The maximum absolute atomic E-state index is 12.2. The quantitative estimate of drug-likeness (QED) is 0.183. The van der Waals surface area contributed by atoms with Crippen molar-refractivity contribution >= 4 is 29.6 Å². The second-order valence-electron chi connectivity index (χ2n) is 6.78. The molecule has 3 N–H and O–H groups in total. The summed E-state index contributed by atoms with van der Waals surface area (Å²) in [7, 11) is 4.57. The Morgan fingerprint density at radius 1 is 0.941 bits per heavy atom. The van der Waals surface area contributed by atoms with Gasteiger partial charge >= 0.3 is 11.8 Å². The fourth-order valence-corrected chi connectivity index (χ4v) is 2.61. The Balaban J connectivity index is 1.85. The number of anilines is 1. The first kappa shape index (κ1) is 26.1. The molecule has 2 aromatic rings. The number of methoxy groups -OCH3 is 3. The Kier molecular flexibility index (Phi) is 10.8. The number of nitrogens with zero attached hydrogens (tertiary/aromatic N) is 1. The first-order valence-electron chi connectivity index (χ1n) is 10.3. The molecule has 11 heteroatoms. The van der Waals surface area contributed by atoms with E-state index in [4.69, 9.17) is 18.9 Å². The molecule has 0 atom stereocenters. The molecule has 2 aromatic carbocycles. The van der Waals surface area contributed by atoms with Gasteiger partial charge in [-0.05, 0) is 54.4 Å². The zero-order valence-corrected chi connectivity index (χ0v) is 19.3. The van der Waals surface area contributed by atoms with Gasteiger partial charge < -0.3 is 29.6 Å². The second kappa shape index (κ2) is 14.1. The van der Waals surface area contributed by atoms with Crippen molar-refractivity contribution in [3.05, 3.63) is 48.0 Å². The average molecular weight is 472 g/mol. The van der Waals surface area contributed by atoms with Crippen LogP contribution in [-0.2, 0) is 19.1 Å². The maximum atomic E-state index is 12.2. The van der Waals surface area contributed by atoms with E-state index in [2.05, 4.69) is 21.2 Å². The number of hydrazone groups is 1. The van der Waals surface area contributed by atoms with Gasteiger partial charge in [0, 0.05) is 25.9 Å². The van der Waals surface area contributed by atoms with Gasteiger partial charge in [0.05, 0.1) is 20.4 Å². The fraction of sp³-hybridized carbons (Fsp3) is 0.304. The highest BCUT2D eigenvalue weighted by Crippen LogP contribution is 2.27. The standard InChI is InChI=1S/C23H28N4O7/c1-31-12-4-11-24-22(29)23(30)27-25-14-16-5-10-19(20(13-16)33-3)34-15-21(28)26-17-6-8-18(32-2)9-7-17/h5-10,13-14H,4,11-12,15H2,1-3H3,(H,24,29)(H,26,28)(H,27,30)/b25-14-. The molecule has 34 heavy (non-hydrogen) atoms. The molecular weight excluding hydrogens is 444 g/mol. The van der Waals surface area contributed by atoms with Crippen molar-refractivity contribution in [3.8, 4) is 17.2 Å². The van der Waals surface area contributed by atoms with E-state index in [-0.39, 0.29) is 12.5 Å². The Hall–Kier alpha value is -4.12. The minimum atomic E-state index is -0.886. The highest BCUT2D eigenvalue weighted by molar-refractivity contribution is 6.35. The summed E-state index contributed by atoms with van der Waals surface area (Å²) in [6.07, 6.45) is 1.94. The lowest BCUT2D eigenvalue weighted by atomic mass is 10.2. The van der Waals surface area contributed by atoms with Crippen LogP contribution in [0.2, 0.25) is 0 Å². The predicted octanol–water partition coefficient (Wildman–Crippen LogP) is 1.32. The highest BCUT2D eigenvalue weighted by atomic mass is 16.5. The van der Waals surface area contributed by atoms with Crippen molar-refractivity contribution in [3.63, 3.8) is 0 Å². The summed E-state index contributed by atoms with van der Waals surface area (Å²) in [6.45, 7) is 0.570. The molecule has 0 aliphatic rings. The molecule has 0 fully saturated rings. The highest BCUT2D eigenvalue weighted by Gasteiger charge is 2.12. The Bertz CT molecular complexity index is 993. The van der Waals surface area contributed by atoms with E-state index in [1.54, 1.807) is 56.7 Å². The van der Waals surface area contributed by atoms with E-state index in [0.717, 1.165) is 0 Å². The number of hydrogen-bond acceptors (Lipinski definition) is 8. The van der Waals surface area contributed by atoms with E-state index in [0.29, 0.717) is 48.1 Å². The summed E-state index contributed by atoms with van der Waals surface area (Å²) in [5.41, 5.74) is 3.34. The summed E-state index contributed by atoms with van der Waals surface area (Å²) in [4.78, 5) is 35.5. The van der Waals surface area contributed by atoms with Gasteiger partial charge in [0.1, 0.15) is 5.75 Å². The Morgan fingerprint density at radius 3 is 2.38 bits per heavy atom. The lowest BCUT2D eigenvalue weighted by Crippen LogP contribution is -2.38. The summed E-state index contributed by atoms with van der Waals surface area (Å²) in [5.74, 6) is -0.622. The molecular formula is C23H28N4O7. The molecule has 0 bridgehead atoms. The zero-order valence-electron chi connectivity index (χ0n) is 19.3. The lowest BCUT2D eigenvalue weighted by molar-refractivity contribution is -0.139. The summed E-state index contributed by atoms with van der Waals surface area (Å²) in [5, 5.41) is 8.94. The molecule has 0 spiro atoms. The van der Waals surface area contributed by atoms with Gasteiger partial charge in [0.25, 0.3) is 5.91 Å². The molecule has 0 unspecified atom stereocenters. The first-order chi connectivity index (χ1) is 16.5. The molecule has 0 saturated heterocycles. The van der Waals surface area contributed by atoms with Crippen LogP contribution in [0.25, 0.3) is 0 Å². The van der Waals surface area contributed by atoms with E-state index in [9.17, 15) is 14.4 Å². The Labute approximate surface area is 197 Å². The largest absolute Gasteiger partial charge is 0.497 e. The van der Waals surface area contributed by atoms with Crippen LogP contribution in [0, 0.1) is 0 Å². The van der Waals surface area contributed by atoms with Crippen molar-refractivity contribution in [2.45, 2.75) is 6.42 Å². The molecule has 0 saturated carbocycles. The van der Waals surface area contributed by atoms with E-state index in [1.807, 2.05) is 0 Å². The molecule has 0 radical (unpaired) electrons. The number of nitrogens with one attached hydrogen (secondary N) is 3. The van der Waals surface area contributed by atoms with Crippen LogP contribution in [0.4, 0.5) is 5.69 Å². The topological polar surface area (TPSA) is 137 Å². The van der Waals surface area contributed by atoms with Gasteiger partial charge in [-0.2, -0.15) is 5.10 Å². The number of carbonyl (C=O) groups excluding carboxylic acids is 3. The minimum Gasteiger partial charge on any atom is -0.497 e. The van der Waals surface area contributed by atoms with E-state index >= 15 is 0 Å². The van der Waals surface area contributed by atoms with Crippen LogP contribution in [0.5, 0.6) is 17.2 Å². The van der Waals surface area contributed by atoms with Crippen molar-refractivity contribution in [1.82, 2.24) is 10.7 Å². The Morgan fingerprint density at radius 2 is 1.71 bits per heavy atom. The molecule has 3 amide bonds. The fourth-order valence-electron chi connectivity index (χ4n) is 2.61. The SMILES string of the molecule is COCCCNC(=O)C(=O)N/N=C\c1ccc(OCC(=O)Nc2ccc(OC)cc2)c(OC)c1. The summed E-state index contributed by atoms with van der Waals surface area (Å²) >= 11 is 0. The van der Waals surface area contributed by atoms with Crippen molar-refractivity contribution < 1.29 is 33.3 Å². The number of hydrogen-bond donors (Lipinski definition) is 3. The van der Waals surface area contributed by atoms with Crippen LogP contribution in [-0.4, -0.2) is 65.0 Å². The number of carbonyl (C=O) groups is 3. The third-order valence-electron chi connectivity index (χ3n) is 4.32. The van der Waals surface area contributed by atoms with Gasteiger partial charge in [0.2, 0.25) is 0 Å². The van der Waals surface area contributed by atoms with Crippen LogP contribution >= 0.6 is 0 Å². The lowest BCUT2D eigenvalue weighted by Gasteiger charge is -2.11. The molecule has 0 aliphatic carbocycles.